The lowest BCUT2D eigenvalue weighted by Crippen LogP contribution is -2.39. The van der Waals surface area contributed by atoms with E-state index in [-0.39, 0.29) is 5.41 Å². The van der Waals surface area contributed by atoms with Crippen molar-refractivity contribution >= 4 is 0 Å². The zero-order valence-corrected chi connectivity index (χ0v) is 24.1. The summed E-state index contributed by atoms with van der Waals surface area (Å²) >= 11 is 0. The molecule has 0 saturated carbocycles. The number of aromatic amines is 2. The summed E-state index contributed by atoms with van der Waals surface area (Å²) in [5.41, 5.74) is 10.9. The molecule has 3 fully saturated rings. The van der Waals surface area contributed by atoms with Crippen LogP contribution in [0.5, 0.6) is 0 Å². The predicted molar refractivity (Wildman–Crippen MR) is 164 cm³/mol. The third-order valence-electron chi connectivity index (χ3n) is 10.4. The van der Waals surface area contributed by atoms with Crippen molar-refractivity contribution in [3.05, 3.63) is 71.6 Å². The average molecular weight is 548 g/mol. The molecule has 41 heavy (non-hydrogen) atoms. The number of benzene rings is 2. The number of piperidine rings is 1. The topological polar surface area (TPSA) is 84.7 Å². The first-order valence-corrected chi connectivity index (χ1v) is 15.7. The standard InChI is InChI=1S/C34H41N7/c1-41-18-14-34(15-19-41)13-12-26-25(30-21-38-33(40-30)28-5-3-17-36-28)11-10-24(31(26)34)22-6-8-23(9-7-22)29-20-37-32(39-29)27-4-2-16-35-27/h6-11,20-21,27-28,35-36H,2-5,12-19H2,1H3,(H,37,39)(H,38,40)/t27-,28?/m0/s1. The van der Waals surface area contributed by atoms with Crippen molar-refractivity contribution < 1.29 is 0 Å². The van der Waals surface area contributed by atoms with Gasteiger partial charge >= 0.3 is 0 Å². The first-order chi connectivity index (χ1) is 20.2. The number of nitrogens with one attached hydrogen (secondary N) is 4. The zero-order valence-electron chi connectivity index (χ0n) is 24.1. The van der Waals surface area contributed by atoms with E-state index in [1.807, 2.05) is 6.20 Å². The molecule has 1 spiro atoms. The van der Waals surface area contributed by atoms with Gasteiger partial charge in [-0.1, -0.05) is 36.4 Å². The number of imidazole rings is 2. The predicted octanol–water partition coefficient (Wildman–Crippen LogP) is 5.89. The highest BCUT2D eigenvalue weighted by molar-refractivity contribution is 5.80. The van der Waals surface area contributed by atoms with Gasteiger partial charge in [-0.15, -0.1) is 0 Å². The number of aromatic nitrogens is 4. The van der Waals surface area contributed by atoms with E-state index in [0.717, 1.165) is 49.7 Å². The number of fused-ring (bicyclic) bond motifs is 2. The SMILES string of the molecule is CN1CCC2(CCc3c(-c4cnc(C5CCCN5)[nH]4)ccc(-c4ccc(-c5cnc([C@@H]6CCCN6)[nH]5)cc4)c32)CC1. The van der Waals surface area contributed by atoms with Crippen LogP contribution < -0.4 is 10.6 Å². The largest absolute Gasteiger partial charge is 0.341 e. The summed E-state index contributed by atoms with van der Waals surface area (Å²) in [5.74, 6) is 2.15. The third-order valence-corrected chi connectivity index (χ3v) is 10.4. The van der Waals surface area contributed by atoms with Crippen LogP contribution in [0.3, 0.4) is 0 Å². The molecule has 8 rings (SSSR count). The van der Waals surface area contributed by atoms with Crippen molar-refractivity contribution in [3.8, 4) is 33.6 Å². The molecule has 2 aromatic heterocycles. The highest BCUT2D eigenvalue weighted by atomic mass is 15.1. The Morgan fingerprint density at radius 1 is 0.732 bits per heavy atom. The van der Waals surface area contributed by atoms with Crippen LogP contribution in [0.25, 0.3) is 33.6 Å². The van der Waals surface area contributed by atoms with Gasteiger partial charge in [0.05, 0.1) is 35.9 Å². The van der Waals surface area contributed by atoms with E-state index in [2.05, 4.69) is 75.1 Å². The molecule has 3 aliphatic heterocycles. The van der Waals surface area contributed by atoms with Crippen LogP contribution in [0.1, 0.15) is 79.8 Å². The van der Waals surface area contributed by atoms with Crippen molar-refractivity contribution in [2.75, 3.05) is 33.2 Å². The molecule has 4 aromatic rings. The highest BCUT2D eigenvalue weighted by Crippen LogP contribution is 2.52. The van der Waals surface area contributed by atoms with Gasteiger partial charge in [0, 0.05) is 5.56 Å². The van der Waals surface area contributed by atoms with Gasteiger partial charge in [0.2, 0.25) is 0 Å². The van der Waals surface area contributed by atoms with Crippen molar-refractivity contribution in [2.24, 2.45) is 0 Å². The van der Waals surface area contributed by atoms with E-state index in [1.54, 1.807) is 5.56 Å². The lowest BCUT2D eigenvalue weighted by atomic mass is 9.71. The first kappa shape index (κ1) is 25.5. The summed E-state index contributed by atoms with van der Waals surface area (Å²) in [6.07, 6.45) is 13.7. The maximum absolute atomic E-state index is 4.82. The summed E-state index contributed by atoms with van der Waals surface area (Å²) in [5, 5.41) is 7.14. The summed E-state index contributed by atoms with van der Waals surface area (Å²) in [6.45, 7) is 4.50. The van der Waals surface area contributed by atoms with Crippen LogP contribution in [0.15, 0.2) is 48.8 Å². The monoisotopic (exact) mass is 547 g/mol. The quantitative estimate of drug-likeness (QED) is 0.250. The Bertz CT molecular complexity index is 1530. The minimum atomic E-state index is 0.258. The molecule has 7 heteroatoms. The fourth-order valence-electron chi connectivity index (χ4n) is 8.02. The molecule has 7 nitrogen and oxygen atoms in total. The molecular formula is C34H41N7. The maximum Gasteiger partial charge on any atom is 0.123 e. The lowest BCUT2D eigenvalue weighted by molar-refractivity contribution is 0.187. The Balaban J connectivity index is 1.16. The second-order valence-electron chi connectivity index (χ2n) is 12.8. The Morgan fingerprint density at radius 2 is 1.34 bits per heavy atom. The average Bonchev–Trinajstić information content (AvgIpc) is 3.85. The van der Waals surface area contributed by atoms with Gasteiger partial charge in [0.25, 0.3) is 0 Å². The molecule has 3 saturated heterocycles. The Morgan fingerprint density at radius 3 is 2.00 bits per heavy atom. The molecule has 2 atom stereocenters. The number of hydrogen-bond acceptors (Lipinski definition) is 5. The van der Waals surface area contributed by atoms with Gasteiger partial charge in [0.15, 0.2) is 0 Å². The highest BCUT2D eigenvalue weighted by Gasteiger charge is 2.43. The Labute approximate surface area is 242 Å². The van der Waals surface area contributed by atoms with E-state index >= 15 is 0 Å². The molecule has 212 valence electrons. The minimum Gasteiger partial charge on any atom is -0.341 e. The molecule has 2 aromatic carbocycles. The molecule has 1 unspecified atom stereocenters. The number of H-pyrrole nitrogens is 2. The van der Waals surface area contributed by atoms with Crippen molar-refractivity contribution in [2.45, 2.75) is 68.9 Å². The molecule has 0 bridgehead atoms. The number of hydrogen-bond donors (Lipinski definition) is 4. The Kier molecular flexibility index (Phi) is 6.35. The van der Waals surface area contributed by atoms with Gasteiger partial charge in [0.1, 0.15) is 11.6 Å². The van der Waals surface area contributed by atoms with Crippen LogP contribution >= 0.6 is 0 Å². The van der Waals surface area contributed by atoms with Crippen LogP contribution in [0.2, 0.25) is 0 Å². The molecule has 0 radical (unpaired) electrons. The van der Waals surface area contributed by atoms with E-state index in [9.17, 15) is 0 Å². The van der Waals surface area contributed by atoms with Gasteiger partial charge in [-0.05, 0) is 118 Å². The Hall–Kier alpha value is -3.26. The first-order valence-electron chi connectivity index (χ1n) is 15.7. The number of nitrogens with zero attached hydrogens (tertiary/aromatic N) is 3. The normalized spacial score (nSPS) is 23.9. The number of rotatable bonds is 5. The molecule has 4 N–H and O–H groups in total. The van der Waals surface area contributed by atoms with Crippen molar-refractivity contribution in [3.63, 3.8) is 0 Å². The summed E-state index contributed by atoms with van der Waals surface area (Å²) in [7, 11) is 2.27. The molecule has 5 heterocycles. The van der Waals surface area contributed by atoms with Crippen LogP contribution in [-0.2, 0) is 11.8 Å². The van der Waals surface area contributed by atoms with E-state index in [4.69, 9.17) is 9.97 Å². The molecule has 1 aliphatic carbocycles. The van der Waals surface area contributed by atoms with E-state index < -0.39 is 0 Å². The van der Waals surface area contributed by atoms with E-state index in [0.29, 0.717) is 12.1 Å². The van der Waals surface area contributed by atoms with Gasteiger partial charge < -0.3 is 25.5 Å². The van der Waals surface area contributed by atoms with E-state index in [1.165, 1.54) is 78.7 Å². The second kappa shape index (κ2) is 10.2. The van der Waals surface area contributed by atoms with Gasteiger partial charge in [-0.3, -0.25) is 0 Å². The fraction of sp³-hybridized carbons (Fsp3) is 0.471. The zero-order chi connectivity index (χ0) is 27.4. The van der Waals surface area contributed by atoms with Crippen molar-refractivity contribution in [1.82, 2.24) is 35.5 Å². The van der Waals surface area contributed by atoms with Crippen molar-refractivity contribution in [1.29, 1.82) is 0 Å². The van der Waals surface area contributed by atoms with Crippen LogP contribution in [-0.4, -0.2) is 58.1 Å². The smallest absolute Gasteiger partial charge is 0.123 e. The summed E-state index contributed by atoms with van der Waals surface area (Å²) in [6, 6.07) is 14.6. The van der Waals surface area contributed by atoms with Gasteiger partial charge in [-0.2, -0.15) is 0 Å². The molecule has 4 aliphatic rings. The minimum absolute atomic E-state index is 0.258. The lowest BCUT2D eigenvalue weighted by Gasteiger charge is -2.40. The molecule has 0 amide bonds. The van der Waals surface area contributed by atoms with Gasteiger partial charge in [-0.25, -0.2) is 9.97 Å². The number of likely N-dealkylation sites (tertiary alicyclic amines) is 1. The maximum atomic E-state index is 4.82. The third kappa shape index (κ3) is 4.46. The summed E-state index contributed by atoms with van der Waals surface area (Å²) in [4.78, 5) is 19.3. The van der Waals surface area contributed by atoms with Crippen LogP contribution in [0, 0.1) is 0 Å². The second-order valence-corrected chi connectivity index (χ2v) is 12.8. The van der Waals surface area contributed by atoms with Crippen LogP contribution in [0.4, 0.5) is 0 Å². The fourth-order valence-corrected chi connectivity index (χ4v) is 8.02. The summed E-state index contributed by atoms with van der Waals surface area (Å²) < 4.78 is 0. The molecular weight excluding hydrogens is 506 g/mol.